The molecule has 1 aliphatic heterocycles. The van der Waals surface area contributed by atoms with E-state index in [-0.39, 0.29) is 10.4 Å². The van der Waals surface area contributed by atoms with Crippen molar-refractivity contribution in [1.29, 1.82) is 0 Å². The molecule has 0 saturated heterocycles. The van der Waals surface area contributed by atoms with Gasteiger partial charge in [0.1, 0.15) is 0 Å². The Hall–Kier alpha value is -1.44. The van der Waals surface area contributed by atoms with Crippen LogP contribution >= 0.6 is 12.2 Å². The molecule has 5 nitrogen and oxygen atoms in total. The van der Waals surface area contributed by atoms with Crippen molar-refractivity contribution in [3.05, 3.63) is 36.0 Å². The average Bonchev–Trinajstić information content (AvgIpc) is 2.25. The van der Waals surface area contributed by atoms with E-state index in [1.165, 1.54) is 12.1 Å². The normalized spacial score (nSPS) is 18.5. The maximum absolute atomic E-state index is 11.2. The van der Waals surface area contributed by atoms with Crippen molar-refractivity contribution in [2.24, 2.45) is 5.14 Å². The van der Waals surface area contributed by atoms with E-state index < -0.39 is 10.0 Å². The highest BCUT2D eigenvalue weighted by Crippen LogP contribution is 2.26. The van der Waals surface area contributed by atoms with Gasteiger partial charge in [-0.15, -0.1) is 0 Å². The minimum Gasteiger partial charge on any atom is -0.354 e. The van der Waals surface area contributed by atoms with E-state index in [0.29, 0.717) is 5.11 Å². The molecule has 1 heterocycles. The van der Waals surface area contributed by atoms with Gasteiger partial charge in [0.15, 0.2) is 5.11 Å². The van der Waals surface area contributed by atoms with Gasteiger partial charge in [0.25, 0.3) is 0 Å². The van der Waals surface area contributed by atoms with E-state index in [4.69, 9.17) is 17.4 Å². The van der Waals surface area contributed by atoms with Gasteiger partial charge < -0.3 is 5.32 Å². The van der Waals surface area contributed by atoms with Gasteiger partial charge in [0.05, 0.1) is 10.4 Å². The van der Waals surface area contributed by atoms with Crippen molar-refractivity contribution in [2.45, 2.75) is 31.2 Å². The Morgan fingerprint density at radius 3 is 2.25 bits per heavy atom. The maximum Gasteiger partial charge on any atom is 0.238 e. The number of nitrogens with zero attached hydrogens (tertiary/aromatic N) is 1. The number of anilines is 1. The minimum absolute atomic E-state index is 0.0825. The van der Waals surface area contributed by atoms with Crippen LogP contribution in [0.5, 0.6) is 0 Å². The van der Waals surface area contributed by atoms with Crippen LogP contribution in [0.1, 0.15) is 20.8 Å². The molecule has 0 bridgehead atoms. The number of thiocarbonyl (C=S) groups is 1. The lowest BCUT2D eigenvalue weighted by atomic mass is 10.0. The smallest absolute Gasteiger partial charge is 0.238 e. The van der Waals surface area contributed by atoms with Crippen LogP contribution in [0, 0.1) is 0 Å². The number of nitrogens with one attached hydrogen (secondary N) is 1. The molecule has 7 heteroatoms. The summed E-state index contributed by atoms with van der Waals surface area (Å²) in [7, 11) is -3.68. The third-order valence-electron chi connectivity index (χ3n) is 2.98. The third kappa shape index (κ3) is 3.00. The molecule has 0 amide bonds. The highest BCUT2D eigenvalue weighted by molar-refractivity contribution is 7.89. The summed E-state index contributed by atoms with van der Waals surface area (Å²) < 4.78 is 22.5. The summed E-state index contributed by atoms with van der Waals surface area (Å²) in [6.07, 6.45) is 2.07. The van der Waals surface area contributed by atoms with Crippen LogP contribution in [0.2, 0.25) is 0 Å². The lowest BCUT2D eigenvalue weighted by Gasteiger charge is -2.38. The summed E-state index contributed by atoms with van der Waals surface area (Å²) in [5.74, 6) is 0. The highest BCUT2D eigenvalue weighted by atomic mass is 32.2. The maximum atomic E-state index is 11.2. The number of benzene rings is 1. The van der Waals surface area contributed by atoms with Gasteiger partial charge in [0.2, 0.25) is 10.0 Å². The molecule has 0 aromatic heterocycles. The van der Waals surface area contributed by atoms with Gasteiger partial charge in [-0.2, -0.15) is 0 Å². The summed E-state index contributed by atoms with van der Waals surface area (Å²) >= 11 is 5.37. The Morgan fingerprint density at radius 1 is 1.25 bits per heavy atom. The lowest BCUT2D eigenvalue weighted by Crippen LogP contribution is -2.53. The fourth-order valence-electron chi connectivity index (χ4n) is 2.22. The number of hydrogen-bond acceptors (Lipinski definition) is 3. The fraction of sp³-hybridized carbons (Fsp3) is 0.308. The van der Waals surface area contributed by atoms with Gasteiger partial charge in [-0.1, -0.05) is 0 Å². The second-order valence-corrected chi connectivity index (χ2v) is 7.26. The van der Waals surface area contributed by atoms with E-state index in [9.17, 15) is 8.42 Å². The van der Waals surface area contributed by atoms with Crippen LogP contribution in [-0.2, 0) is 10.0 Å². The van der Waals surface area contributed by atoms with E-state index in [0.717, 1.165) is 11.4 Å². The van der Waals surface area contributed by atoms with E-state index in [2.05, 4.69) is 11.4 Å². The molecule has 1 aliphatic rings. The third-order valence-corrected chi connectivity index (χ3v) is 4.19. The zero-order chi connectivity index (χ0) is 15.1. The Kier molecular flexibility index (Phi) is 3.62. The van der Waals surface area contributed by atoms with Crippen LogP contribution in [0.4, 0.5) is 5.69 Å². The predicted octanol–water partition coefficient (Wildman–Crippen LogP) is 1.71. The van der Waals surface area contributed by atoms with Gasteiger partial charge in [-0.3, -0.25) is 4.90 Å². The first kappa shape index (κ1) is 15.0. The summed E-state index contributed by atoms with van der Waals surface area (Å²) in [5, 5.41) is 8.88. The Bertz CT molecular complexity index is 676. The molecule has 0 fully saturated rings. The quantitative estimate of drug-likeness (QED) is 0.813. The van der Waals surface area contributed by atoms with Gasteiger partial charge in [0, 0.05) is 11.4 Å². The van der Waals surface area contributed by atoms with E-state index in [1.807, 2.05) is 25.7 Å². The molecule has 0 atom stereocenters. The number of primary sulfonamides is 1. The molecule has 0 unspecified atom stereocenters. The van der Waals surface area contributed by atoms with Crippen LogP contribution < -0.4 is 15.4 Å². The van der Waals surface area contributed by atoms with E-state index in [1.54, 1.807) is 12.1 Å². The number of sulfonamides is 1. The highest BCUT2D eigenvalue weighted by Gasteiger charge is 2.27. The van der Waals surface area contributed by atoms with Crippen molar-refractivity contribution in [2.75, 3.05) is 4.90 Å². The summed E-state index contributed by atoms with van der Waals surface area (Å²) in [6.45, 7) is 6.02. The van der Waals surface area contributed by atoms with Crippen molar-refractivity contribution in [1.82, 2.24) is 5.32 Å². The molecule has 1 aromatic rings. The van der Waals surface area contributed by atoms with Gasteiger partial charge in [-0.05, 0) is 63.3 Å². The average molecular weight is 311 g/mol. The zero-order valence-corrected chi connectivity index (χ0v) is 13.2. The zero-order valence-electron chi connectivity index (χ0n) is 11.5. The van der Waals surface area contributed by atoms with Gasteiger partial charge >= 0.3 is 0 Å². The van der Waals surface area contributed by atoms with E-state index >= 15 is 0 Å². The molecule has 1 aromatic carbocycles. The minimum atomic E-state index is -3.68. The Balaban J connectivity index is 2.40. The van der Waals surface area contributed by atoms with Crippen LogP contribution in [0.25, 0.3) is 0 Å². The van der Waals surface area contributed by atoms with Crippen molar-refractivity contribution < 1.29 is 8.42 Å². The number of allylic oxidation sites excluding steroid dienone is 1. The van der Waals surface area contributed by atoms with Gasteiger partial charge in [-0.25, -0.2) is 13.6 Å². The van der Waals surface area contributed by atoms with Crippen molar-refractivity contribution in [3.63, 3.8) is 0 Å². The van der Waals surface area contributed by atoms with Crippen molar-refractivity contribution >= 4 is 33.0 Å². The van der Waals surface area contributed by atoms with Crippen molar-refractivity contribution in [3.8, 4) is 0 Å². The number of nitrogens with two attached hydrogens (primary N) is 1. The topological polar surface area (TPSA) is 75.4 Å². The van der Waals surface area contributed by atoms with Crippen LogP contribution in [0.15, 0.2) is 40.9 Å². The monoisotopic (exact) mass is 311 g/mol. The number of hydrogen-bond donors (Lipinski definition) is 2. The Labute approximate surface area is 124 Å². The molecule has 20 heavy (non-hydrogen) atoms. The summed E-state index contributed by atoms with van der Waals surface area (Å²) in [6, 6.07) is 6.31. The molecular formula is C13H17N3O2S2. The second kappa shape index (κ2) is 4.83. The first-order valence-corrected chi connectivity index (χ1v) is 8.00. The first-order valence-electron chi connectivity index (χ1n) is 6.05. The van der Waals surface area contributed by atoms with Crippen LogP contribution in [0.3, 0.4) is 0 Å². The first-order chi connectivity index (χ1) is 9.10. The fourth-order valence-corrected chi connectivity index (χ4v) is 3.25. The molecule has 0 saturated carbocycles. The molecule has 0 spiro atoms. The lowest BCUT2D eigenvalue weighted by molar-refractivity contribution is 0.560. The molecule has 3 N–H and O–H groups in total. The van der Waals surface area contributed by atoms with Crippen LogP contribution in [-0.4, -0.2) is 19.1 Å². The number of rotatable bonds is 2. The summed E-state index contributed by atoms with van der Waals surface area (Å²) in [4.78, 5) is 1.94. The predicted molar refractivity (Wildman–Crippen MR) is 83.9 cm³/mol. The largest absolute Gasteiger partial charge is 0.354 e. The standard InChI is InChI=1S/C13H17N3O2S2/c1-9-8-13(2,3)15-12(19)16(9)10-4-6-11(7-5-10)20(14,17)18/h4-8H,1-3H3,(H,15,19)(H2,14,17,18). The summed E-state index contributed by atoms with van der Waals surface area (Å²) in [5.41, 5.74) is 1.58. The second-order valence-electron chi connectivity index (χ2n) is 5.31. The SMILES string of the molecule is CC1=CC(C)(C)NC(=S)N1c1ccc(S(N)(=O)=O)cc1. The molecule has 108 valence electrons. The molecule has 2 rings (SSSR count). The molecular weight excluding hydrogens is 294 g/mol. The molecule has 0 radical (unpaired) electrons. The Morgan fingerprint density at radius 2 is 1.80 bits per heavy atom. The molecule has 0 aliphatic carbocycles.